The summed E-state index contributed by atoms with van der Waals surface area (Å²) >= 11 is 0. The fraction of sp³-hybridized carbons (Fsp3) is 0.667. The molecule has 0 amide bonds. The Hall–Kier alpha value is -1.32. The Bertz CT molecular complexity index is 380. The van der Waals surface area contributed by atoms with Crippen LogP contribution in [0.15, 0.2) is 17.2 Å². The zero-order valence-electron chi connectivity index (χ0n) is 10.5. The van der Waals surface area contributed by atoms with Gasteiger partial charge in [0.25, 0.3) is 5.56 Å². The number of rotatable bonds is 5. The summed E-state index contributed by atoms with van der Waals surface area (Å²) in [4.78, 5) is 16.1. The van der Waals surface area contributed by atoms with Crippen LogP contribution in [0, 0.1) is 0 Å². The predicted molar refractivity (Wildman–Crippen MR) is 66.9 cm³/mol. The molecule has 0 atom stereocenters. The van der Waals surface area contributed by atoms with Gasteiger partial charge in [0.1, 0.15) is 0 Å². The number of anilines is 1. The average Bonchev–Trinajstić information content (AvgIpc) is 2.27. The highest BCUT2D eigenvalue weighted by Gasteiger charge is 2.10. The molecule has 0 saturated carbocycles. The first kappa shape index (κ1) is 12.7. The summed E-state index contributed by atoms with van der Waals surface area (Å²) in [5.74, 6) is 0.463. The van der Waals surface area contributed by atoms with E-state index in [2.05, 4.69) is 24.1 Å². The van der Waals surface area contributed by atoms with Crippen LogP contribution in [-0.2, 0) is 0 Å². The molecule has 0 unspecified atom stereocenters. The van der Waals surface area contributed by atoms with E-state index in [1.807, 2.05) is 13.8 Å². The second-order valence-electron chi connectivity index (χ2n) is 4.24. The first-order valence-corrected chi connectivity index (χ1v) is 5.93. The van der Waals surface area contributed by atoms with Crippen molar-refractivity contribution in [1.82, 2.24) is 9.55 Å². The highest BCUT2D eigenvalue weighted by molar-refractivity contribution is 5.32. The van der Waals surface area contributed by atoms with Gasteiger partial charge in [-0.05, 0) is 26.7 Å². The quantitative estimate of drug-likeness (QED) is 0.834. The molecule has 1 aromatic heterocycles. The summed E-state index contributed by atoms with van der Waals surface area (Å²) in [5.41, 5.74) is -0.0376. The van der Waals surface area contributed by atoms with Crippen molar-refractivity contribution < 1.29 is 0 Å². The largest absolute Gasteiger partial charge is 0.363 e. The van der Waals surface area contributed by atoms with Crippen molar-refractivity contribution in [3.05, 3.63) is 22.7 Å². The lowest BCUT2D eigenvalue weighted by Crippen LogP contribution is -2.29. The van der Waals surface area contributed by atoms with Crippen LogP contribution in [0.3, 0.4) is 0 Å². The summed E-state index contributed by atoms with van der Waals surface area (Å²) in [5, 5.41) is 3.20. The Morgan fingerprint density at radius 3 is 2.50 bits per heavy atom. The molecule has 0 saturated heterocycles. The summed E-state index contributed by atoms with van der Waals surface area (Å²) in [6.07, 6.45) is 5.39. The Labute approximate surface area is 96.7 Å². The topological polar surface area (TPSA) is 46.9 Å². The fourth-order valence-electron chi connectivity index (χ4n) is 1.62. The Balaban J connectivity index is 2.97. The smallest absolute Gasteiger partial charge is 0.293 e. The molecule has 1 rings (SSSR count). The van der Waals surface area contributed by atoms with Gasteiger partial charge < -0.3 is 9.88 Å². The van der Waals surface area contributed by atoms with Gasteiger partial charge in [0.05, 0.1) is 0 Å². The van der Waals surface area contributed by atoms with E-state index in [4.69, 9.17) is 0 Å². The van der Waals surface area contributed by atoms with Gasteiger partial charge in [0, 0.05) is 24.5 Å². The van der Waals surface area contributed by atoms with Crippen molar-refractivity contribution >= 4 is 5.82 Å². The molecule has 0 aliphatic rings. The van der Waals surface area contributed by atoms with Gasteiger partial charge in [0.15, 0.2) is 5.82 Å². The number of nitrogens with zero attached hydrogens (tertiary/aromatic N) is 2. The van der Waals surface area contributed by atoms with Gasteiger partial charge in [0.2, 0.25) is 0 Å². The van der Waals surface area contributed by atoms with Gasteiger partial charge in [-0.15, -0.1) is 0 Å². The van der Waals surface area contributed by atoms with Crippen LogP contribution in [0.5, 0.6) is 0 Å². The van der Waals surface area contributed by atoms with E-state index in [9.17, 15) is 4.79 Å². The lowest BCUT2D eigenvalue weighted by atomic mass is 10.2. The molecule has 0 aromatic carbocycles. The molecule has 0 radical (unpaired) electrons. The molecule has 1 N–H and O–H groups in total. The van der Waals surface area contributed by atoms with E-state index in [1.165, 1.54) is 0 Å². The molecular formula is C12H21N3O. The second-order valence-corrected chi connectivity index (χ2v) is 4.24. The Morgan fingerprint density at radius 1 is 1.38 bits per heavy atom. The van der Waals surface area contributed by atoms with Crippen molar-refractivity contribution in [2.45, 2.75) is 52.6 Å². The van der Waals surface area contributed by atoms with Gasteiger partial charge >= 0.3 is 0 Å². The maximum atomic E-state index is 12.0. The number of hydrogen-bond donors (Lipinski definition) is 1. The maximum Gasteiger partial charge on any atom is 0.293 e. The third-order valence-electron chi connectivity index (χ3n) is 2.75. The molecule has 0 aliphatic carbocycles. The third kappa shape index (κ3) is 2.84. The highest BCUT2D eigenvalue weighted by Crippen LogP contribution is 2.06. The lowest BCUT2D eigenvalue weighted by molar-refractivity contribution is 0.572. The van der Waals surface area contributed by atoms with Crippen LogP contribution in [0.1, 0.15) is 46.6 Å². The van der Waals surface area contributed by atoms with Crippen molar-refractivity contribution in [1.29, 1.82) is 0 Å². The average molecular weight is 223 g/mol. The summed E-state index contributed by atoms with van der Waals surface area (Å²) in [6, 6.07) is 0.487. The molecule has 1 heterocycles. The van der Waals surface area contributed by atoms with Gasteiger partial charge in [-0.2, -0.15) is 0 Å². The normalized spacial score (nSPS) is 11.1. The van der Waals surface area contributed by atoms with E-state index in [1.54, 1.807) is 17.0 Å². The van der Waals surface area contributed by atoms with Crippen LogP contribution >= 0.6 is 0 Å². The maximum absolute atomic E-state index is 12.0. The minimum absolute atomic E-state index is 0.0376. The fourth-order valence-corrected chi connectivity index (χ4v) is 1.62. The minimum atomic E-state index is -0.0376. The van der Waals surface area contributed by atoms with Crippen molar-refractivity contribution in [2.24, 2.45) is 0 Å². The predicted octanol–water partition coefficient (Wildman–Crippen LogP) is 2.42. The molecule has 0 spiro atoms. The number of hydrogen-bond acceptors (Lipinski definition) is 3. The highest BCUT2D eigenvalue weighted by atomic mass is 16.1. The zero-order valence-corrected chi connectivity index (χ0v) is 10.5. The second kappa shape index (κ2) is 5.68. The van der Waals surface area contributed by atoms with Crippen molar-refractivity contribution in [3.63, 3.8) is 0 Å². The summed E-state index contributed by atoms with van der Waals surface area (Å²) < 4.78 is 1.69. The molecule has 1 aromatic rings. The number of nitrogens with one attached hydrogen (secondary N) is 1. The first-order valence-electron chi connectivity index (χ1n) is 5.93. The summed E-state index contributed by atoms with van der Waals surface area (Å²) in [6.45, 7) is 8.18. The van der Waals surface area contributed by atoms with E-state index in [-0.39, 0.29) is 11.6 Å². The monoisotopic (exact) mass is 223 g/mol. The van der Waals surface area contributed by atoms with Gasteiger partial charge in [-0.25, -0.2) is 4.98 Å². The Morgan fingerprint density at radius 2 is 2.00 bits per heavy atom. The van der Waals surface area contributed by atoms with Crippen LogP contribution < -0.4 is 10.9 Å². The standard InChI is InChI=1S/C12H21N3O/c1-5-10(6-2)14-11-12(16)15(9(3)4)8-7-13-11/h7-10H,5-6H2,1-4H3,(H,13,14). The molecule has 0 aliphatic heterocycles. The Kier molecular flexibility index (Phi) is 4.52. The van der Waals surface area contributed by atoms with E-state index in [0.29, 0.717) is 11.9 Å². The first-order chi connectivity index (χ1) is 7.60. The molecular weight excluding hydrogens is 202 g/mol. The minimum Gasteiger partial charge on any atom is -0.363 e. The number of aromatic nitrogens is 2. The zero-order chi connectivity index (χ0) is 12.1. The SMILES string of the molecule is CCC(CC)Nc1nccn(C(C)C)c1=O. The molecule has 90 valence electrons. The molecule has 4 heteroatoms. The van der Waals surface area contributed by atoms with Crippen molar-refractivity contribution in [2.75, 3.05) is 5.32 Å². The van der Waals surface area contributed by atoms with E-state index < -0.39 is 0 Å². The van der Waals surface area contributed by atoms with Crippen LogP contribution in [0.25, 0.3) is 0 Å². The molecule has 0 fully saturated rings. The van der Waals surface area contributed by atoms with Crippen molar-refractivity contribution in [3.8, 4) is 0 Å². The van der Waals surface area contributed by atoms with E-state index in [0.717, 1.165) is 12.8 Å². The third-order valence-corrected chi connectivity index (χ3v) is 2.75. The molecule has 0 bridgehead atoms. The van der Waals surface area contributed by atoms with Gasteiger partial charge in [-0.3, -0.25) is 4.79 Å². The lowest BCUT2D eigenvalue weighted by Gasteiger charge is -2.16. The van der Waals surface area contributed by atoms with E-state index >= 15 is 0 Å². The van der Waals surface area contributed by atoms with Gasteiger partial charge in [-0.1, -0.05) is 13.8 Å². The van der Waals surface area contributed by atoms with Crippen LogP contribution in [0.2, 0.25) is 0 Å². The summed E-state index contributed by atoms with van der Waals surface area (Å²) in [7, 11) is 0. The molecule has 4 nitrogen and oxygen atoms in total. The van der Waals surface area contributed by atoms with Crippen LogP contribution in [-0.4, -0.2) is 15.6 Å². The van der Waals surface area contributed by atoms with Crippen LogP contribution in [0.4, 0.5) is 5.82 Å². The molecule has 16 heavy (non-hydrogen) atoms.